The fourth-order valence-corrected chi connectivity index (χ4v) is 7.17. The molecule has 8 rings (SSSR count). The lowest BCUT2D eigenvalue weighted by molar-refractivity contribution is 0.870. The van der Waals surface area contributed by atoms with Crippen molar-refractivity contribution in [1.29, 1.82) is 0 Å². The second-order valence-electron chi connectivity index (χ2n) is 12.1. The minimum atomic E-state index is 0.495. The van der Waals surface area contributed by atoms with Crippen LogP contribution in [0.25, 0.3) is 43.4 Å². The molecule has 0 bridgehead atoms. The van der Waals surface area contributed by atoms with Gasteiger partial charge < -0.3 is 4.90 Å². The summed E-state index contributed by atoms with van der Waals surface area (Å²) in [5, 5.41) is 8.06. The molecule has 198 valence electrons. The van der Waals surface area contributed by atoms with Gasteiger partial charge in [-0.05, 0) is 104 Å². The van der Waals surface area contributed by atoms with Crippen molar-refractivity contribution in [2.24, 2.45) is 0 Å². The van der Waals surface area contributed by atoms with E-state index in [2.05, 4.69) is 142 Å². The zero-order chi connectivity index (χ0) is 27.8. The minimum Gasteiger partial charge on any atom is -0.309 e. The number of nitrogens with zero attached hydrogens (tertiary/aromatic N) is 1. The Labute approximate surface area is 242 Å². The number of para-hydroxylation sites is 1. The van der Waals surface area contributed by atoms with Gasteiger partial charge in [-0.25, -0.2) is 0 Å². The molecule has 0 saturated carbocycles. The molecule has 0 amide bonds. The van der Waals surface area contributed by atoms with E-state index in [0.717, 1.165) is 6.42 Å². The summed E-state index contributed by atoms with van der Waals surface area (Å²) in [7, 11) is 0. The number of fused-ring (bicyclic) bond motifs is 3. The smallest absolute Gasteiger partial charge is 0.0543 e. The highest BCUT2D eigenvalue weighted by atomic mass is 15.1. The first kappa shape index (κ1) is 24.2. The predicted octanol–water partition coefficient (Wildman–Crippen LogP) is 11.4. The molecule has 0 N–H and O–H groups in total. The Morgan fingerprint density at radius 3 is 2.02 bits per heavy atom. The summed E-state index contributed by atoms with van der Waals surface area (Å²) in [4.78, 5) is 2.54. The van der Waals surface area contributed by atoms with Crippen molar-refractivity contribution in [2.75, 3.05) is 4.90 Å². The molecule has 0 atom stereocenters. The average Bonchev–Trinajstić information content (AvgIpc) is 3.37. The lowest BCUT2D eigenvalue weighted by Crippen LogP contribution is -2.14. The van der Waals surface area contributed by atoms with Crippen LogP contribution < -0.4 is 4.90 Å². The second kappa shape index (κ2) is 8.94. The normalized spacial score (nSPS) is 12.5. The maximum Gasteiger partial charge on any atom is 0.0543 e. The van der Waals surface area contributed by atoms with E-state index >= 15 is 0 Å². The molecule has 0 unspecified atom stereocenters. The summed E-state index contributed by atoms with van der Waals surface area (Å²) in [5.41, 5.74) is 13.3. The van der Waals surface area contributed by atoms with Crippen LogP contribution in [0, 0.1) is 13.8 Å². The molecule has 1 aliphatic carbocycles. The molecule has 1 aliphatic rings. The van der Waals surface area contributed by atoms with Crippen LogP contribution >= 0.6 is 0 Å². The quantitative estimate of drug-likeness (QED) is 0.206. The predicted molar refractivity (Wildman–Crippen MR) is 177 cm³/mol. The van der Waals surface area contributed by atoms with Crippen molar-refractivity contribution in [2.45, 2.75) is 40.0 Å². The summed E-state index contributed by atoms with van der Waals surface area (Å²) in [5.74, 6) is 0.495. The monoisotopic (exact) mass is 527 g/mol. The summed E-state index contributed by atoms with van der Waals surface area (Å²) in [6.45, 7) is 9.07. The molecular formula is C40H33N. The number of aryl methyl sites for hydroxylation is 2. The number of hydrogen-bond acceptors (Lipinski definition) is 1. The van der Waals surface area contributed by atoms with Crippen LogP contribution in [0.5, 0.6) is 0 Å². The molecule has 7 aromatic carbocycles. The summed E-state index contributed by atoms with van der Waals surface area (Å²) < 4.78 is 0. The Morgan fingerprint density at radius 2 is 1.24 bits per heavy atom. The maximum atomic E-state index is 2.54. The zero-order valence-corrected chi connectivity index (χ0v) is 24.1. The van der Waals surface area contributed by atoms with Crippen molar-refractivity contribution in [3.8, 4) is 11.1 Å². The number of hydrogen-bond donors (Lipinski definition) is 0. The first-order valence-corrected chi connectivity index (χ1v) is 14.8. The number of benzene rings is 7. The standard InChI is InChI=1S/C40H33N/c1-24(2)30-21-28-16-18-31-26(4)20-38(34-19-17-29(22-30)39(28)40(31)34)41(36-14-8-5-10-25(36)3)37-15-9-13-33-32-12-7-6-11-27(32)23-35(33)37/h5-22,24H,23H2,1-4H3. The van der Waals surface area contributed by atoms with Gasteiger partial charge in [-0.1, -0.05) is 105 Å². The third-order valence-electron chi connectivity index (χ3n) is 9.25. The van der Waals surface area contributed by atoms with Gasteiger partial charge in [-0.15, -0.1) is 0 Å². The Hall–Kier alpha value is -4.62. The topological polar surface area (TPSA) is 3.24 Å². The molecule has 41 heavy (non-hydrogen) atoms. The lowest BCUT2D eigenvalue weighted by Gasteiger charge is -2.31. The summed E-state index contributed by atoms with van der Waals surface area (Å²) in [6, 6.07) is 41.1. The van der Waals surface area contributed by atoms with Crippen LogP contribution in [0.4, 0.5) is 17.1 Å². The van der Waals surface area contributed by atoms with Gasteiger partial charge in [0.15, 0.2) is 0 Å². The molecule has 7 aromatic rings. The Morgan fingerprint density at radius 1 is 0.561 bits per heavy atom. The molecule has 0 fully saturated rings. The Balaban J connectivity index is 1.46. The van der Waals surface area contributed by atoms with E-state index in [9.17, 15) is 0 Å². The van der Waals surface area contributed by atoms with Gasteiger partial charge in [0.1, 0.15) is 0 Å². The van der Waals surface area contributed by atoms with Gasteiger partial charge in [-0.3, -0.25) is 0 Å². The lowest BCUT2D eigenvalue weighted by atomic mass is 9.88. The van der Waals surface area contributed by atoms with Gasteiger partial charge in [-0.2, -0.15) is 0 Å². The molecule has 1 nitrogen and oxygen atoms in total. The molecule has 0 aliphatic heterocycles. The van der Waals surface area contributed by atoms with E-state index in [1.54, 1.807) is 0 Å². The third-order valence-corrected chi connectivity index (χ3v) is 9.25. The van der Waals surface area contributed by atoms with Crippen molar-refractivity contribution in [1.82, 2.24) is 0 Å². The van der Waals surface area contributed by atoms with Crippen LogP contribution in [-0.2, 0) is 6.42 Å². The van der Waals surface area contributed by atoms with E-state index in [1.165, 1.54) is 88.3 Å². The van der Waals surface area contributed by atoms with Crippen molar-refractivity contribution in [3.63, 3.8) is 0 Å². The summed E-state index contributed by atoms with van der Waals surface area (Å²) >= 11 is 0. The summed E-state index contributed by atoms with van der Waals surface area (Å²) in [6.07, 6.45) is 0.951. The zero-order valence-electron chi connectivity index (χ0n) is 24.1. The molecule has 0 radical (unpaired) electrons. The molecule has 0 saturated heterocycles. The van der Waals surface area contributed by atoms with Gasteiger partial charge in [0.2, 0.25) is 0 Å². The molecular weight excluding hydrogens is 494 g/mol. The highest BCUT2D eigenvalue weighted by molar-refractivity contribution is 6.26. The van der Waals surface area contributed by atoms with Crippen LogP contribution in [0.2, 0.25) is 0 Å². The minimum absolute atomic E-state index is 0.495. The van der Waals surface area contributed by atoms with Crippen LogP contribution in [0.15, 0.2) is 109 Å². The van der Waals surface area contributed by atoms with Crippen LogP contribution in [0.3, 0.4) is 0 Å². The van der Waals surface area contributed by atoms with Gasteiger partial charge in [0.25, 0.3) is 0 Å². The third kappa shape index (κ3) is 3.55. The van der Waals surface area contributed by atoms with E-state index in [1.807, 2.05) is 0 Å². The highest BCUT2D eigenvalue weighted by Crippen LogP contribution is 2.49. The van der Waals surface area contributed by atoms with Gasteiger partial charge in [0.05, 0.1) is 11.4 Å². The second-order valence-corrected chi connectivity index (χ2v) is 12.1. The van der Waals surface area contributed by atoms with E-state index in [4.69, 9.17) is 0 Å². The molecule has 0 heterocycles. The molecule has 0 aromatic heterocycles. The van der Waals surface area contributed by atoms with Crippen LogP contribution in [0.1, 0.15) is 47.6 Å². The van der Waals surface area contributed by atoms with Crippen molar-refractivity contribution in [3.05, 3.63) is 137 Å². The fraction of sp³-hybridized carbons (Fsp3) is 0.150. The SMILES string of the molecule is Cc1ccccc1N(c1cccc2c1Cc1ccccc1-2)c1cc(C)c2ccc3cc(C(C)C)cc4ccc1c2c34. The molecule has 1 heteroatoms. The largest absolute Gasteiger partial charge is 0.309 e. The number of anilines is 3. The van der Waals surface area contributed by atoms with E-state index < -0.39 is 0 Å². The average molecular weight is 528 g/mol. The fourth-order valence-electron chi connectivity index (χ4n) is 7.17. The molecule has 0 spiro atoms. The first-order chi connectivity index (χ1) is 20.0. The van der Waals surface area contributed by atoms with E-state index in [-0.39, 0.29) is 0 Å². The van der Waals surface area contributed by atoms with E-state index in [0.29, 0.717) is 5.92 Å². The maximum absolute atomic E-state index is 2.54. The van der Waals surface area contributed by atoms with Gasteiger partial charge in [0, 0.05) is 17.5 Å². The highest BCUT2D eigenvalue weighted by Gasteiger charge is 2.27. The Bertz CT molecular complexity index is 2110. The Kier molecular flexibility index (Phi) is 5.28. The number of rotatable bonds is 4. The van der Waals surface area contributed by atoms with Crippen molar-refractivity contribution < 1.29 is 0 Å². The first-order valence-electron chi connectivity index (χ1n) is 14.8. The van der Waals surface area contributed by atoms with Crippen LogP contribution in [-0.4, -0.2) is 0 Å². The van der Waals surface area contributed by atoms with Crippen molar-refractivity contribution >= 4 is 49.4 Å². The van der Waals surface area contributed by atoms with Gasteiger partial charge >= 0.3 is 0 Å².